The number of esters is 1. The zero-order chi connectivity index (χ0) is 18.9. The fourth-order valence-electron chi connectivity index (χ4n) is 2.18. The van der Waals surface area contributed by atoms with Crippen LogP contribution < -0.4 is 0 Å². The van der Waals surface area contributed by atoms with E-state index in [2.05, 4.69) is 0 Å². The van der Waals surface area contributed by atoms with E-state index in [1.165, 1.54) is 4.90 Å². The van der Waals surface area contributed by atoms with E-state index in [1.54, 1.807) is 27.7 Å². The van der Waals surface area contributed by atoms with Crippen LogP contribution in [0.1, 0.15) is 46.1 Å². The first-order valence-electron chi connectivity index (χ1n) is 8.56. The number of aliphatic hydroxyl groups is 1. The van der Waals surface area contributed by atoms with Crippen LogP contribution >= 0.6 is 0 Å². The number of aliphatic hydroxyl groups excluding tert-OH is 1. The van der Waals surface area contributed by atoms with Crippen LogP contribution in [0, 0.1) is 0 Å². The van der Waals surface area contributed by atoms with Crippen molar-refractivity contribution in [2.75, 3.05) is 13.2 Å². The summed E-state index contributed by atoms with van der Waals surface area (Å²) < 4.78 is 10.3. The molecule has 0 aliphatic heterocycles. The molecule has 1 N–H and O–H groups in total. The maximum atomic E-state index is 12.4. The minimum Gasteiger partial charge on any atom is -0.466 e. The Hall–Kier alpha value is -2.08. The second-order valence-electron chi connectivity index (χ2n) is 6.84. The predicted octanol–water partition coefficient (Wildman–Crippen LogP) is 3.13. The quantitative estimate of drug-likeness (QED) is 0.728. The topological polar surface area (TPSA) is 76.1 Å². The average Bonchev–Trinajstić information content (AvgIpc) is 2.50. The van der Waals surface area contributed by atoms with E-state index in [4.69, 9.17) is 9.47 Å². The minimum atomic E-state index is -0.861. The molecule has 0 unspecified atom stereocenters. The van der Waals surface area contributed by atoms with Crippen molar-refractivity contribution in [2.24, 2.45) is 0 Å². The number of carbonyl (C=O) groups is 2. The molecule has 6 heteroatoms. The first-order chi connectivity index (χ1) is 11.7. The van der Waals surface area contributed by atoms with Crippen molar-refractivity contribution in [3.05, 3.63) is 35.9 Å². The molecule has 1 aromatic rings. The van der Waals surface area contributed by atoms with Gasteiger partial charge in [0.1, 0.15) is 5.60 Å². The van der Waals surface area contributed by atoms with Crippen molar-refractivity contribution in [1.29, 1.82) is 0 Å². The van der Waals surface area contributed by atoms with E-state index in [0.717, 1.165) is 5.56 Å². The Morgan fingerprint density at radius 2 is 1.84 bits per heavy atom. The van der Waals surface area contributed by atoms with E-state index < -0.39 is 23.8 Å². The Morgan fingerprint density at radius 1 is 1.20 bits per heavy atom. The summed E-state index contributed by atoms with van der Waals surface area (Å²) in [4.78, 5) is 25.4. The fraction of sp³-hybridized carbons (Fsp3) is 0.579. The average molecular weight is 351 g/mol. The highest BCUT2D eigenvalue weighted by molar-refractivity contribution is 5.70. The molecular weight excluding hydrogens is 322 g/mol. The third kappa shape index (κ3) is 9.10. The highest BCUT2D eigenvalue weighted by atomic mass is 16.6. The first kappa shape index (κ1) is 21.0. The molecule has 0 radical (unpaired) electrons. The molecule has 0 saturated carbocycles. The number of nitrogens with zero attached hydrogens (tertiary/aromatic N) is 1. The highest BCUT2D eigenvalue weighted by Crippen LogP contribution is 2.14. The lowest BCUT2D eigenvalue weighted by Gasteiger charge is -2.28. The Balaban J connectivity index is 2.67. The van der Waals surface area contributed by atoms with Gasteiger partial charge in [-0.25, -0.2) is 4.79 Å². The van der Waals surface area contributed by atoms with Crippen LogP contribution in [0.2, 0.25) is 0 Å². The molecule has 6 nitrogen and oxygen atoms in total. The normalized spacial score (nSPS) is 12.4. The van der Waals surface area contributed by atoms with Crippen LogP contribution in [0.3, 0.4) is 0 Å². The summed E-state index contributed by atoms with van der Waals surface area (Å²) in [5, 5.41) is 10.00. The van der Waals surface area contributed by atoms with Gasteiger partial charge < -0.3 is 19.5 Å². The molecule has 25 heavy (non-hydrogen) atoms. The highest BCUT2D eigenvalue weighted by Gasteiger charge is 2.23. The molecule has 1 aromatic carbocycles. The van der Waals surface area contributed by atoms with Gasteiger partial charge in [0.25, 0.3) is 0 Å². The van der Waals surface area contributed by atoms with E-state index in [0.29, 0.717) is 6.54 Å². The van der Waals surface area contributed by atoms with Gasteiger partial charge in [-0.05, 0) is 39.7 Å². The van der Waals surface area contributed by atoms with Crippen molar-refractivity contribution in [3.8, 4) is 0 Å². The molecule has 140 valence electrons. The van der Waals surface area contributed by atoms with Crippen molar-refractivity contribution >= 4 is 12.1 Å². The van der Waals surface area contributed by atoms with E-state index >= 15 is 0 Å². The summed E-state index contributed by atoms with van der Waals surface area (Å²) >= 11 is 0. The zero-order valence-corrected chi connectivity index (χ0v) is 15.5. The van der Waals surface area contributed by atoms with Gasteiger partial charge in [-0.2, -0.15) is 0 Å². The molecule has 0 aromatic heterocycles. The summed E-state index contributed by atoms with van der Waals surface area (Å²) in [6, 6.07) is 9.56. The third-order valence-corrected chi connectivity index (χ3v) is 3.31. The molecule has 0 aliphatic carbocycles. The van der Waals surface area contributed by atoms with Gasteiger partial charge in [0, 0.05) is 13.1 Å². The standard InChI is InChI=1S/C19H29NO5/c1-5-24-17(22)13-16(21)11-12-20(18(23)25-19(2,3)4)14-15-9-7-6-8-10-15/h6-10,16,21H,5,11-14H2,1-4H3/t16-/m1/s1. The van der Waals surface area contributed by atoms with Crippen molar-refractivity contribution in [3.63, 3.8) is 0 Å². The van der Waals surface area contributed by atoms with Gasteiger partial charge in [-0.15, -0.1) is 0 Å². The number of hydrogen-bond acceptors (Lipinski definition) is 5. The van der Waals surface area contributed by atoms with Gasteiger partial charge in [-0.1, -0.05) is 30.3 Å². The Labute approximate surface area is 149 Å². The molecule has 0 bridgehead atoms. The molecule has 0 heterocycles. The molecular formula is C19H29NO5. The molecule has 1 amide bonds. The predicted molar refractivity (Wildman–Crippen MR) is 95.0 cm³/mol. The molecule has 1 atom stereocenters. The van der Waals surface area contributed by atoms with Crippen LogP contribution in [0.15, 0.2) is 30.3 Å². The number of amides is 1. The smallest absolute Gasteiger partial charge is 0.410 e. The molecule has 0 saturated heterocycles. The second kappa shape index (κ2) is 10.0. The van der Waals surface area contributed by atoms with Crippen LogP contribution in [0.5, 0.6) is 0 Å². The van der Waals surface area contributed by atoms with Crippen LogP contribution in [0.4, 0.5) is 4.79 Å². The Kier molecular flexibility index (Phi) is 8.41. The lowest BCUT2D eigenvalue weighted by Crippen LogP contribution is -2.38. The molecule has 1 rings (SSSR count). The number of rotatable bonds is 8. The number of ether oxygens (including phenoxy) is 2. The SMILES string of the molecule is CCOC(=O)C[C@H](O)CCN(Cc1ccccc1)C(=O)OC(C)(C)C. The lowest BCUT2D eigenvalue weighted by molar-refractivity contribution is -0.145. The summed E-state index contributed by atoms with van der Waals surface area (Å²) in [7, 11) is 0. The summed E-state index contributed by atoms with van der Waals surface area (Å²) in [6.45, 7) is 8.08. The first-order valence-corrected chi connectivity index (χ1v) is 8.56. The van der Waals surface area contributed by atoms with Crippen molar-refractivity contribution in [1.82, 2.24) is 4.90 Å². The van der Waals surface area contributed by atoms with Gasteiger partial charge >= 0.3 is 12.1 Å². The van der Waals surface area contributed by atoms with Gasteiger partial charge in [0.2, 0.25) is 0 Å². The summed E-state index contributed by atoms with van der Waals surface area (Å²) in [5.74, 6) is -0.443. The van der Waals surface area contributed by atoms with Crippen LogP contribution in [0.25, 0.3) is 0 Å². The molecule has 0 spiro atoms. The zero-order valence-electron chi connectivity index (χ0n) is 15.5. The van der Waals surface area contributed by atoms with E-state index in [-0.39, 0.29) is 26.0 Å². The monoisotopic (exact) mass is 351 g/mol. The minimum absolute atomic E-state index is 0.0820. The van der Waals surface area contributed by atoms with Crippen molar-refractivity contribution < 1.29 is 24.2 Å². The van der Waals surface area contributed by atoms with Crippen LogP contribution in [-0.2, 0) is 20.8 Å². The summed E-state index contributed by atoms with van der Waals surface area (Å²) in [5.41, 5.74) is 0.364. The third-order valence-electron chi connectivity index (χ3n) is 3.31. The number of carbonyl (C=O) groups excluding carboxylic acids is 2. The van der Waals surface area contributed by atoms with E-state index in [1.807, 2.05) is 30.3 Å². The Morgan fingerprint density at radius 3 is 2.40 bits per heavy atom. The van der Waals surface area contributed by atoms with Gasteiger partial charge in [0.15, 0.2) is 0 Å². The number of benzene rings is 1. The largest absolute Gasteiger partial charge is 0.466 e. The van der Waals surface area contributed by atoms with Crippen LogP contribution in [-0.4, -0.2) is 46.9 Å². The lowest BCUT2D eigenvalue weighted by atomic mass is 10.1. The van der Waals surface area contributed by atoms with Crippen molar-refractivity contribution in [2.45, 2.75) is 58.8 Å². The molecule has 0 aliphatic rings. The second-order valence-corrected chi connectivity index (χ2v) is 6.84. The van der Waals surface area contributed by atoms with Gasteiger partial charge in [0.05, 0.1) is 19.1 Å². The van der Waals surface area contributed by atoms with Gasteiger partial charge in [-0.3, -0.25) is 4.79 Å². The Bertz CT molecular complexity index is 538. The van der Waals surface area contributed by atoms with E-state index in [9.17, 15) is 14.7 Å². The summed E-state index contributed by atoms with van der Waals surface area (Å²) in [6.07, 6.45) is -1.12. The maximum Gasteiger partial charge on any atom is 0.410 e. The fourth-order valence-corrected chi connectivity index (χ4v) is 2.18. The number of hydrogen-bond donors (Lipinski definition) is 1. The maximum absolute atomic E-state index is 12.4. The molecule has 0 fully saturated rings.